The first-order chi connectivity index (χ1) is 7.65. The summed E-state index contributed by atoms with van der Waals surface area (Å²) in [5.74, 6) is 1.50. The van der Waals surface area contributed by atoms with Gasteiger partial charge in [0.2, 0.25) is 5.91 Å². The van der Waals surface area contributed by atoms with E-state index in [1.165, 1.54) is 12.8 Å². The van der Waals surface area contributed by atoms with Crippen molar-refractivity contribution in [2.75, 3.05) is 13.6 Å². The molecular formula is C10H17N5O. The van der Waals surface area contributed by atoms with Gasteiger partial charge in [-0.15, -0.1) is 0 Å². The summed E-state index contributed by atoms with van der Waals surface area (Å²) in [7, 11) is 1.77. The van der Waals surface area contributed by atoms with Crippen LogP contribution in [0.4, 0.5) is 0 Å². The molecule has 0 aliphatic heterocycles. The number of carbonyl (C=O) groups excluding carboxylic acids is 1. The summed E-state index contributed by atoms with van der Waals surface area (Å²) in [5.41, 5.74) is 0. The number of aryl methyl sites for hydroxylation is 1. The number of rotatable bonds is 5. The van der Waals surface area contributed by atoms with Crippen LogP contribution < -0.4 is 5.32 Å². The van der Waals surface area contributed by atoms with Crippen LogP contribution >= 0.6 is 0 Å². The van der Waals surface area contributed by atoms with Gasteiger partial charge in [0.05, 0.1) is 13.1 Å². The standard InChI is InChI=1S/C10H17N5O/c1-7-12-9(14-13-7)6-15(2)10(16)5-11-8-3-4-8/h8,11H,3-6H2,1-2H3,(H,12,13,14). The number of nitrogens with zero attached hydrogens (tertiary/aromatic N) is 3. The van der Waals surface area contributed by atoms with Crippen LogP contribution in [-0.4, -0.2) is 45.6 Å². The minimum atomic E-state index is 0.0781. The average molecular weight is 223 g/mol. The maximum atomic E-state index is 11.7. The molecule has 0 radical (unpaired) electrons. The number of hydrogen-bond acceptors (Lipinski definition) is 4. The third-order valence-corrected chi connectivity index (χ3v) is 2.57. The van der Waals surface area contributed by atoms with Gasteiger partial charge in [-0.25, -0.2) is 4.98 Å². The van der Waals surface area contributed by atoms with Crippen LogP contribution in [0.1, 0.15) is 24.5 Å². The summed E-state index contributed by atoms with van der Waals surface area (Å²) in [6.45, 7) is 2.70. The number of aromatic amines is 1. The number of aromatic nitrogens is 3. The van der Waals surface area contributed by atoms with E-state index >= 15 is 0 Å². The molecule has 2 rings (SSSR count). The lowest BCUT2D eigenvalue weighted by Gasteiger charge is -2.15. The number of H-pyrrole nitrogens is 1. The fourth-order valence-electron chi connectivity index (χ4n) is 1.41. The topological polar surface area (TPSA) is 73.9 Å². The summed E-state index contributed by atoms with van der Waals surface area (Å²) in [4.78, 5) is 17.5. The highest BCUT2D eigenvalue weighted by Gasteiger charge is 2.22. The quantitative estimate of drug-likeness (QED) is 0.726. The van der Waals surface area contributed by atoms with Gasteiger partial charge in [0.1, 0.15) is 5.82 Å². The van der Waals surface area contributed by atoms with Crippen LogP contribution in [-0.2, 0) is 11.3 Å². The Morgan fingerprint density at radius 2 is 2.38 bits per heavy atom. The number of nitrogens with one attached hydrogen (secondary N) is 2. The van der Waals surface area contributed by atoms with Gasteiger partial charge in [-0.1, -0.05) is 0 Å². The van der Waals surface area contributed by atoms with Crippen molar-refractivity contribution in [2.45, 2.75) is 32.4 Å². The third-order valence-electron chi connectivity index (χ3n) is 2.57. The predicted molar refractivity (Wildman–Crippen MR) is 58.6 cm³/mol. The lowest BCUT2D eigenvalue weighted by molar-refractivity contribution is -0.129. The highest BCUT2D eigenvalue weighted by atomic mass is 16.2. The SMILES string of the molecule is Cc1nc(CN(C)C(=O)CNC2CC2)n[nH]1. The lowest BCUT2D eigenvalue weighted by Crippen LogP contribution is -2.36. The zero-order chi connectivity index (χ0) is 11.5. The Bertz CT molecular complexity index is 371. The summed E-state index contributed by atoms with van der Waals surface area (Å²) in [6, 6.07) is 0.558. The average Bonchev–Trinajstić information content (AvgIpc) is 2.99. The van der Waals surface area contributed by atoms with Crippen LogP contribution in [0, 0.1) is 6.92 Å². The zero-order valence-electron chi connectivity index (χ0n) is 9.66. The second-order valence-corrected chi connectivity index (χ2v) is 4.24. The van der Waals surface area contributed by atoms with Gasteiger partial charge < -0.3 is 10.2 Å². The molecule has 1 saturated carbocycles. The largest absolute Gasteiger partial charge is 0.337 e. The maximum Gasteiger partial charge on any atom is 0.236 e. The van der Waals surface area contributed by atoms with E-state index in [2.05, 4.69) is 20.5 Å². The fraction of sp³-hybridized carbons (Fsp3) is 0.700. The van der Waals surface area contributed by atoms with Gasteiger partial charge >= 0.3 is 0 Å². The van der Waals surface area contributed by atoms with Gasteiger partial charge in [0, 0.05) is 13.1 Å². The van der Waals surface area contributed by atoms with Crippen molar-refractivity contribution in [3.8, 4) is 0 Å². The number of hydrogen-bond donors (Lipinski definition) is 2. The summed E-state index contributed by atoms with van der Waals surface area (Å²) in [6.07, 6.45) is 2.38. The second kappa shape index (κ2) is 4.61. The Hall–Kier alpha value is -1.43. The van der Waals surface area contributed by atoms with Crippen LogP contribution in [0.25, 0.3) is 0 Å². The monoisotopic (exact) mass is 223 g/mol. The van der Waals surface area contributed by atoms with Gasteiger partial charge in [-0.2, -0.15) is 5.10 Å². The molecule has 88 valence electrons. The van der Waals surface area contributed by atoms with Crippen LogP contribution in [0.15, 0.2) is 0 Å². The van der Waals surface area contributed by atoms with Crippen molar-refractivity contribution in [3.05, 3.63) is 11.6 Å². The highest BCUT2D eigenvalue weighted by molar-refractivity contribution is 5.77. The summed E-state index contributed by atoms with van der Waals surface area (Å²) in [5, 5.41) is 9.94. The number of likely N-dealkylation sites (N-methyl/N-ethyl adjacent to an activating group) is 1. The molecule has 0 aromatic carbocycles. The van der Waals surface area contributed by atoms with Gasteiger partial charge in [-0.05, 0) is 19.8 Å². The first-order valence-corrected chi connectivity index (χ1v) is 5.50. The number of amides is 1. The molecule has 16 heavy (non-hydrogen) atoms. The third kappa shape index (κ3) is 3.03. The van der Waals surface area contributed by atoms with Crippen LogP contribution in [0.5, 0.6) is 0 Å². The molecule has 1 aliphatic rings. The normalized spacial score (nSPS) is 15.1. The van der Waals surface area contributed by atoms with E-state index in [0.29, 0.717) is 25.0 Å². The summed E-state index contributed by atoms with van der Waals surface area (Å²) < 4.78 is 0. The van der Waals surface area contributed by atoms with E-state index in [1.807, 2.05) is 6.92 Å². The molecule has 1 fully saturated rings. The van der Waals surface area contributed by atoms with Crippen molar-refractivity contribution >= 4 is 5.91 Å². The van der Waals surface area contributed by atoms with Crippen LogP contribution in [0.2, 0.25) is 0 Å². The minimum absolute atomic E-state index is 0.0781. The molecule has 1 amide bonds. The van der Waals surface area contributed by atoms with Gasteiger partial charge in [0.25, 0.3) is 0 Å². The Balaban J connectivity index is 1.77. The smallest absolute Gasteiger partial charge is 0.236 e. The summed E-state index contributed by atoms with van der Waals surface area (Å²) >= 11 is 0. The molecule has 1 aliphatic carbocycles. The van der Waals surface area contributed by atoms with Crippen molar-refractivity contribution in [1.82, 2.24) is 25.4 Å². The maximum absolute atomic E-state index is 11.7. The Morgan fingerprint density at radius 3 is 2.94 bits per heavy atom. The van der Waals surface area contributed by atoms with Gasteiger partial charge in [0.15, 0.2) is 5.82 Å². The van der Waals surface area contributed by atoms with E-state index < -0.39 is 0 Å². The number of carbonyl (C=O) groups is 1. The Labute approximate surface area is 94.4 Å². The molecule has 1 aromatic rings. The lowest BCUT2D eigenvalue weighted by atomic mass is 10.4. The molecule has 1 aromatic heterocycles. The zero-order valence-corrected chi connectivity index (χ0v) is 9.66. The molecule has 2 N–H and O–H groups in total. The molecule has 0 unspecified atom stereocenters. The first-order valence-electron chi connectivity index (χ1n) is 5.50. The Morgan fingerprint density at radius 1 is 1.62 bits per heavy atom. The van der Waals surface area contributed by atoms with E-state index in [1.54, 1.807) is 11.9 Å². The van der Waals surface area contributed by atoms with Crippen molar-refractivity contribution in [3.63, 3.8) is 0 Å². The molecule has 6 heteroatoms. The van der Waals surface area contributed by atoms with Crippen molar-refractivity contribution in [2.24, 2.45) is 0 Å². The molecule has 1 heterocycles. The van der Waals surface area contributed by atoms with Crippen molar-refractivity contribution in [1.29, 1.82) is 0 Å². The predicted octanol–water partition coefficient (Wildman–Crippen LogP) is -0.176. The first kappa shape index (κ1) is 11.1. The van der Waals surface area contributed by atoms with Crippen molar-refractivity contribution < 1.29 is 4.79 Å². The van der Waals surface area contributed by atoms with Crippen LogP contribution in [0.3, 0.4) is 0 Å². The second-order valence-electron chi connectivity index (χ2n) is 4.24. The highest BCUT2D eigenvalue weighted by Crippen LogP contribution is 2.18. The molecule has 0 spiro atoms. The van der Waals surface area contributed by atoms with E-state index in [-0.39, 0.29) is 5.91 Å². The fourth-order valence-corrected chi connectivity index (χ4v) is 1.41. The Kier molecular flexibility index (Phi) is 3.19. The van der Waals surface area contributed by atoms with E-state index in [4.69, 9.17) is 0 Å². The molecule has 6 nitrogen and oxygen atoms in total. The molecular weight excluding hydrogens is 206 g/mol. The molecule has 0 bridgehead atoms. The van der Waals surface area contributed by atoms with E-state index in [9.17, 15) is 4.79 Å². The van der Waals surface area contributed by atoms with E-state index in [0.717, 1.165) is 5.82 Å². The minimum Gasteiger partial charge on any atom is -0.337 e. The molecule has 0 atom stereocenters. The molecule has 0 saturated heterocycles. The van der Waals surface area contributed by atoms with Gasteiger partial charge in [-0.3, -0.25) is 9.89 Å².